The van der Waals surface area contributed by atoms with Crippen LogP contribution in [-0.2, 0) is 10.0 Å². The van der Waals surface area contributed by atoms with Crippen LogP contribution in [0.3, 0.4) is 0 Å². The summed E-state index contributed by atoms with van der Waals surface area (Å²) in [6.07, 6.45) is 0. The zero-order valence-electron chi connectivity index (χ0n) is 10.6. The standard InChI is InChI=1S/C13H8F3NO4S/c14-9-4-5-10(12(16)11(9)15)22(20,21)17-8-3-1-2-7(6-8)13(18)19/h1-6,17H,(H,18,19)/p-1. The van der Waals surface area contributed by atoms with E-state index < -0.39 is 38.3 Å². The highest BCUT2D eigenvalue weighted by molar-refractivity contribution is 7.92. The van der Waals surface area contributed by atoms with Crippen molar-refractivity contribution >= 4 is 21.7 Å². The Bertz CT molecular complexity index is 852. The van der Waals surface area contributed by atoms with Gasteiger partial charge in [0.1, 0.15) is 4.90 Å². The van der Waals surface area contributed by atoms with Crippen molar-refractivity contribution in [3.05, 3.63) is 59.4 Å². The molecule has 2 aromatic rings. The Labute approximate surface area is 123 Å². The highest BCUT2D eigenvalue weighted by Crippen LogP contribution is 2.22. The number of rotatable bonds is 4. The van der Waals surface area contributed by atoms with Crippen LogP contribution in [0.15, 0.2) is 41.3 Å². The van der Waals surface area contributed by atoms with E-state index in [4.69, 9.17) is 0 Å². The van der Waals surface area contributed by atoms with Gasteiger partial charge in [-0.25, -0.2) is 21.6 Å². The molecule has 0 unspecified atom stereocenters. The van der Waals surface area contributed by atoms with Crippen molar-refractivity contribution in [2.45, 2.75) is 4.90 Å². The Morgan fingerprint density at radius 2 is 1.73 bits per heavy atom. The summed E-state index contributed by atoms with van der Waals surface area (Å²) in [4.78, 5) is 9.58. The Hall–Kier alpha value is -2.55. The molecular formula is C13H7F3NO4S-. The maximum absolute atomic E-state index is 13.5. The second kappa shape index (κ2) is 5.68. The van der Waals surface area contributed by atoms with Crippen LogP contribution in [0.1, 0.15) is 10.4 Å². The Balaban J connectivity index is 2.42. The van der Waals surface area contributed by atoms with E-state index in [2.05, 4.69) is 0 Å². The summed E-state index contributed by atoms with van der Waals surface area (Å²) in [6, 6.07) is 5.53. The number of benzene rings is 2. The normalized spacial score (nSPS) is 11.2. The average Bonchev–Trinajstić information content (AvgIpc) is 2.44. The first-order valence-corrected chi connectivity index (χ1v) is 7.18. The second-order valence-corrected chi connectivity index (χ2v) is 5.80. The number of nitrogens with one attached hydrogen (secondary N) is 1. The number of hydrogen-bond acceptors (Lipinski definition) is 4. The number of halogens is 3. The van der Waals surface area contributed by atoms with Crippen molar-refractivity contribution in [1.82, 2.24) is 0 Å². The van der Waals surface area contributed by atoms with Crippen LogP contribution in [0.4, 0.5) is 18.9 Å². The van der Waals surface area contributed by atoms with Gasteiger partial charge in [0, 0.05) is 5.69 Å². The van der Waals surface area contributed by atoms with Crippen LogP contribution in [0.2, 0.25) is 0 Å². The van der Waals surface area contributed by atoms with E-state index in [1.54, 1.807) is 0 Å². The van der Waals surface area contributed by atoms with Crippen molar-refractivity contribution in [2.24, 2.45) is 0 Å². The lowest BCUT2D eigenvalue weighted by Gasteiger charge is -2.11. The molecule has 2 aromatic carbocycles. The molecule has 0 atom stereocenters. The Morgan fingerprint density at radius 3 is 2.36 bits per heavy atom. The molecule has 0 aliphatic rings. The van der Waals surface area contributed by atoms with Gasteiger partial charge < -0.3 is 9.90 Å². The lowest BCUT2D eigenvalue weighted by molar-refractivity contribution is -0.255. The third-order valence-corrected chi connectivity index (χ3v) is 4.04. The van der Waals surface area contributed by atoms with Crippen LogP contribution in [0.5, 0.6) is 0 Å². The summed E-state index contributed by atoms with van der Waals surface area (Å²) in [5.41, 5.74) is -0.517. The van der Waals surface area contributed by atoms with Crippen LogP contribution in [-0.4, -0.2) is 14.4 Å². The molecule has 5 nitrogen and oxygen atoms in total. The summed E-state index contributed by atoms with van der Waals surface area (Å²) >= 11 is 0. The smallest absolute Gasteiger partial charge is 0.264 e. The van der Waals surface area contributed by atoms with Crippen molar-refractivity contribution < 1.29 is 31.5 Å². The van der Waals surface area contributed by atoms with E-state index in [0.29, 0.717) is 12.1 Å². The lowest BCUT2D eigenvalue weighted by atomic mass is 10.2. The van der Waals surface area contributed by atoms with Gasteiger partial charge in [0.2, 0.25) is 0 Å². The van der Waals surface area contributed by atoms with Gasteiger partial charge in [0.25, 0.3) is 10.0 Å². The summed E-state index contributed by atoms with van der Waals surface area (Å²) in [5, 5.41) is 10.7. The molecule has 0 aliphatic heterocycles. The van der Waals surface area contributed by atoms with Gasteiger partial charge in [-0.2, -0.15) is 0 Å². The fraction of sp³-hybridized carbons (Fsp3) is 0. The van der Waals surface area contributed by atoms with Crippen LogP contribution in [0.25, 0.3) is 0 Å². The number of carbonyl (C=O) groups excluding carboxylic acids is 1. The van der Waals surface area contributed by atoms with Gasteiger partial charge in [0.15, 0.2) is 17.5 Å². The van der Waals surface area contributed by atoms with E-state index in [9.17, 15) is 31.5 Å². The highest BCUT2D eigenvalue weighted by Gasteiger charge is 2.24. The third kappa shape index (κ3) is 3.03. The molecule has 0 fully saturated rings. The average molecular weight is 330 g/mol. The van der Waals surface area contributed by atoms with Crippen LogP contribution >= 0.6 is 0 Å². The summed E-state index contributed by atoms with van der Waals surface area (Å²) in [6.45, 7) is 0. The van der Waals surface area contributed by atoms with E-state index in [1.807, 2.05) is 4.72 Å². The molecule has 22 heavy (non-hydrogen) atoms. The minimum Gasteiger partial charge on any atom is -0.545 e. The summed E-state index contributed by atoms with van der Waals surface area (Å²) < 4.78 is 65.2. The van der Waals surface area contributed by atoms with E-state index in [-0.39, 0.29) is 11.3 Å². The minimum absolute atomic E-state index is 0.203. The zero-order valence-corrected chi connectivity index (χ0v) is 11.5. The van der Waals surface area contributed by atoms with Gasteiger partial charge >= 0.3 is 0 Å². The molecule has 0 saturated carbocycles. The molecule has 0 radical (unpaired) electrons. The predicted molar refractivity (Wildman–Crippen MR) is 67.9 cm³/mol. The topological polar surface area (TPSA) is 86.3 Å². The maximum Gasteiger partial charge on any atom is 0.264 e. The van der Waals surface area contributed by atoms with Crippen molar-refractivity contribution in [1.29, 1.82) is 0 Å². The number of aromatic carboxylic acids is 1. The fourth-order valence-corrected chi connectivity index (χ4v) is 2.76. The van der Waals surface area contributed by atoms with E-state index in [1.165, 1.54) is 12.1 Å². The van der Waals surface area contributed by atoms with Crippen molar-refractivity contribution in [3.8, 4) is 0 Å². The molecule has 0 amide bonds. The Kier molecular flexibility index (Phi) is 4.09. The molecule has 2 rings (SSSR count). The summed E-state index contributed by atoms with van der Waals surface area (Å²) in [7, 11) is -4.57. The van der Waals surface area contributed by atoms with Gasteiger partial charge in [-0.15, -0.1) is 0 Å². The molecule has 0 aliphatic carbocycles. The van der Waals surface area contributed by atoms with E-state index in [0.717, 1.165) is 12.1 Å². The predicted octanol–water partition coefficient (Wildman–Crippen LogP) is 1.27. The molecular weight excluding hydrogens is 323 g/mol. The molecule has 0 aromatic heterocycles. The SMILES string of the molecule is O=C([O-])c1cccc(NS(=O)(=O)c2ccc(F)c(F)c2F)c1. The second-order valence-electron chi connectivity index (χ2n) is 4.15. The van der Waals surface area contributed by atoms with Gasteiger partial charge in [-0.1, -0.05) is 12.1 Å². The number of anilines is 1. The quantitative estimate of drug-likeness (QED) is 0.855. The minimum atomic E-state index is -4.57. The van der Waals surface area contributed by atoms with Crippen molar-refractivity contribution in [3.63, 3.8) is 0 Å². The van der Waals surface area contributed by atoms with Crippen LogP contribution in [0, 0.1) is 17.5 Å². The number of carbonyl (C=O) groups is 1. The van der Waals surface area contributed by atoms with Gasteiger partial charge in [0.05, 0.1) is 5.97 Å². The molecule has 0 bridgehead atoms. The Morgan fingerprint density at radius 1 is 1.05 bits per heavy atom. The fourth-order valence-electron chi connectivity index (χ4n) is 1.64. The van der Waals surface area contributed by atoms with Gasteiger partial charge in [-0.05, 0) is 29.8 Å². The number of hydrogen-bond donors (Lipinski definition) is 1. The molecule has 0 saturated heterocycles. The van der Waals surface area contributed by atoms with Gasteiger partial charge in [-0.3, -0.25) is 4.72 Å². The molecule has 0 heterocycles. The number of carboxylic acid groups (broad SMARTS) is 1. The highest BCUT2D eigenvalue weighted by atomic mass is 32.2. The van der Waals surface area contributed by atoms with E-state index >= 15 is 0 Å². The van der Waals surface area contributed by atoms with Crippen molar-refractivity contribution in [2.75, 3.05) is 4.72 Å². The molecule has 1 N–H and O–H groups in total. The number of sulfonamides is 1. The molecule has 116 valence electrons. The molecule has 0 spiro atoms. The first-order chi connectivity index (χ1) is 10.2. The maximum atomic E-state index is 13.5. The summed E-state index contributed by atoms with van der Waals surface area (Å²) in [5.74, 6) is -6.87. The third-order valence-electron chi connectivity index (χ3n) is 2.64. The largest absolute Gasteiger partial charge is 0.545 e. The zero-order chi connectivity index (χ0) is 16.5. The number of carboxylic acids is 1. The molecule has 9 heteroatoms. The monoisotopic (exact) mass is 330 g/mol. The van der Waals surface area contributed by atoms with Crippen LogP contribution < -0.4 is 9.83 Å². The lowest BCUT2D eigenvalue weighted by Crippen LogP contribution is -2.22. The first kappa shape index (κ1) is 15.8. The first-order valence-electron chi connectivity index (χ1n) is 5.70.